The number of aliphatic hydroxyl groups excluding tert-OH is 1. The third kappa shape index (κ3) is 5.71. The summed E-state index contributed by atoms with van der Waals surface area (Å²) in [4.78, 5) is 9.34. The highest BCUT2D eigenvalue weighted by atomic mass is 16.4. The zero-order valence-corrected chi connectivity index (χ0v) is 9.07. The molecule has 0 aromatic carbocycles. The van der Waals surface area contributed by atoms with Gasteiger partial charge in [0.05, 0.1) is 12.1 Å². The predicted octanol–water partition coefficient (Wildman–Crippen LogP) is -1.56. The number of oxime groups is 1. The van der Waals surface area contributed by atoms with E-state index in [1.165, 1.54) is 6.21 Å². The molecule has 6 heteroatoms. The van der Waals surface area contributed by atoms with Gasteiger partial charge < -0.3 is 20.2 Å². The maximum Gasteiger partial charge on any atom is 0.226 e. The maximum atomic E-state index is 9.34. The van der Waals surface area contributed by atoms with Gasteiger partial charge in [0.1, 0.15) is 13.3 Å². The van der Waals surface area contributed by atoms with Gasteiger partial charge in [0.2, 0.25) is 5.69 Å². The molecule has 0 saturated carbocycles. The molecule has 1 aromatic rings. The molecule has 0 amide bonds. The summed E-state index contributed by atoms with van der Waals surface area (Å²) in [5.41, 5.74) is 0.866. The Hall–Kier alpha value is -1.95. The fourth-order valence-electron chi connectivity index (χ4n) is 0.730. The molecule has 2 N–H and O–H groups in total. The third-order valence-corrected chi connectivity index (χ3v) is 1.63. The van der Waals surface area contributed by atoms with Crippen LogP contribution in [0.25, 0.3) is 0 Å². The summed E-state index contributed by atoms with van der Waals surface area (Å²) in [6, 6.07) is 5.66. The van der Waals surface area contributed by atoms with Crippen LogP contribution in [-0.4, -0.2) is 28.6 Å². The number of rotatable bonds is 2. The molecule has 88 valence electrons. The van der Waals surface area contributed by atoms with Gasteiger partial charge in [0.15, 0.2) is 6.20 Å². The first-order valence-corrected chi connectivity index (χ1v) is 4.50. The van der Waals surface area contributed by atoms with Gasteiger partial charge in [0, 0.05) is 12.1 Å². The van der Waals surface area contributed by atoms with E-state index in [-0.39, 0.29) is 0 Å². The number of carbonyl (C=O) groups is 1. The third-order valence-electron chi connectivity index (χ3n) is 1.63. The van der Waals surface area contributed by atoms with E-state index in [2.05, 4.69) is 5.16 Å². The Balaban J connectivity index is 0.000000325. The van der Waals surface area contributed by atoms with Crippen molar-refractivity contribution < 1.29 is 24.8 Å². The highest BCUT2D eigenvalue weighted by Gasteiger charge is 1.98. The molecule has 0 aliphatic carbocycles. The van der Waals surface area contributed by atoms with Crippen LogP contribution in [0.1, 0.15) is 12.6 Å². The van der Waals surface area contributed by atoms with Crippen molar-refractivity contribution in [3.05, 3.63) is 30.1 Å². The maximum absolute atomic E-state index is 9.34. The van der Waals surface area contributed by atoms with Crippen molar-refractivity contribution in [1.82, 2.24) is 0 Å². The number of hydrogen-bond acceptors (Lipinski definition) is 5. The molecule has 1 aromatic heterocycles. The number of aromatic nitrogens is 1. The zero-order chi connectivity index (χ0) is 12.6. The normalized spacial score (nSPS) is 11.7. The van der Waals surface area contributed by atoms with Crippen molar-refractivity contribution in [3.8, 4) is 0 Å². The monoisotopic (exact) mass is 226 g/mol. The standard InChI is InChI=1S/C7H8N2O.C3H6O3/c1-9-5-3-2-4-7(9)6-8-10;1-2(4)3(5)6/h2-6H,1H3;2,4H,1H3,(H,5,6). The second-order valence-corrected chi connectivity index (χ2v) is 2.98. The zero-order valence-electron chi connectivity index (χ0n) is 9.07. The fourth-order valence-corrected chi connectivity index (χ4v) is 0.730. The van der Waals surface area contributed by atoms with E-state index in [1.807, 2.05) is 36.0 Å². The number of aryl methyl sites for hydroxylation is 1. The highest BCUT2D eigenvalue weighted by molar-refractivity contribution is 5.74. The number of aliphatic hydroxyl groups is 1. The summed E-state index contributed by atoms with van der Waals surface area (Å²) in [6.45, 7) is 1.13. The molecular formula is C10H14N2O4. The number of pyridine rings is 1. The largest absolute Gasteiger partial charge is 0.547 e. The van der Waals surface area contributed by atoms with E-state index in [4.69, 9.17) is 10.3 Å². The first-order chi connectivity index (χ1) is 7.49. The number of carbonyl (C=O) groups excluding carboxylic acids is 1. The average molecular weight is 226 g/mol. The fraction of sp³-hybridized carbons (Fsp3) is 0.300. The average Bonchev–Trinajstić information content (AvgIpc) is 2.22. The van der Waals surface area contributed by atoms with Gasteiger partial charge in [-0.1, -0.05) is 5.16 Å². The molecule has 0 fully saturated rings. The van der Waals surface area contributed by atoms with E-state index in [9.17, 15) is 9.90 Å². The quantitative estimate of drug-likeness (QED) is 0.276. The summed E-state index contributed by atoms with van der Waals surface area (Å²) in [5.74, 6) is -1.44. The van der Waals surface area contributed by atoms with E-state index in [0.717, 1.165) is 12.6 Å². The molecule has 0 spiro atoms. The van der Waals surface area contributed by atoms with Gasteiger partial charge in [-0.15, -0.1) is 0 Å². The molecule has 0 saturated heterocycles. The Kier molecular flexibility index (Phi) is 6.46. The predicted molar refractivity (Wildman–Crippen MR) is 53.7 cm³/mol. The lowest BCUT2D eigenvalue weighted by Crippen LogP contribution is -2.32. The van der Waals surface area contributed by atoms with Crippen molar-refractivity contribution in [2.24, 2.45) is 12.2 Å². The van der Waals surface area contributed by atoms with Crippen LogP contribution in [-0.2, 0) is 11.8 Å². The molecular weight excluding hydrogens is 212 g/mol. The Labute approximate surface area is 93.1 Å². The van der Waals surface area contributed by atoms with Crippen molar-refractivity contribution in [2.75, 3.05) is 0 Å². The Morgan fingerprint density at radius 1 is 1.62 bits per heavy atom. The molecule has 0 bridgehead atoms. The SMILES string of the molecule is CC(O)C(=O)[O-].C[n+]1ccccc1C=NO. The second kappa shape index (κ2) is 7.36. The van der Waals surface area contributed by atoms with E-state index < -0.39 is 12.1 Å². The Morgan fingerprint density at radius 3 is 2.56 bits per heavy atom. The van der Waals surface area contributed by atoms with Crippen LogP contribution in [0, 0.1) is 0 Å². The molecule has 0 radical (unpaired) electrons. The van der Waals surface area contributed by atoms with Gasteiger partial charge in [0.25, 0.3) is 0 Å². The Morgan fingerprint density at radius 2 is 2.19 bits per heavy atom. The van der Waals surface area contributed by atoms with Crippen LogP contribution in [0.15, 0.2) is 29.6 Å². The number of aliphatic carboxylic acids is 1. The first kappa shape index (κ1) is 14.1. The van der Waals surface area contributed by atoms with Gasteiger partial charge in [-0.25, -0.2) is 4.57 Å². The van der Waals surface area contributed by atoms with Crippen LogP contribution in [0.4, 0.5) is 0 Å². The molecule has 16 heavy (non-hydrogen) atoms. The molecule has 1 unspecified atom stereocenters. The van der Waals surface area contributed by atoms with Crippen LogP contribution in [0.5, 0.6) is 0 Å². The smallest absolute Gasteiger partial charge is 0.226 e. The van der Waals surface area contributed by atoms with Gasteiger partial charge in [-0.2, -0.15) is 0 Å². The van der Waals surface area contributed by atoms with Crippen LogP contribution in [0.3, 0.4) is 0 Å². The summed E-state index contributed by atoms with van der Waals surface area (Å²) in [7, 11) is 1.89. The lowest BCUT2D eigenvalue weighted by atomic mass is 10.4. The summed E-state index contributed by atoms with van der Waals surface area (Å²) in [5, 5.41) is 28.4. The number of carboxylic acid groups (broad SMARTS) is 1. The van der Waals surface area contributed by atoms with E-state index in [0.29, 0.717) is 0 Å². The number of hydrogen-bond donors (Lipinski definition) is 2. The number of nitrogens with zero attached hydrogens (tertiary/aromatic N) is 2. The Bertz CT molecular complexity index is 364. The minimum Gasteiger partial charge on any atom is -0.547 e. The minimum absolute atomic E-state index is 0.866. The second-order valence-electron chi connectivity index (χ2n) is 2.98. The first-order valence-electron chi connectivity index (χ1n) is 4.50. The molecule has 0 aliphatic heterocycles. The molecule has 0 aliphatic rings. The van der Waals surface area contributed by atoms with Gasteiger partial charge in [-0.05, 0) is 13.0 Å². The van der Waals surface area contributed by atoms with E-state index in [1.54, 1.807) is 0 Å². The van der Waals surface area contributed by atoms with Gasteiger partial charge in [-0.3, -0.25) is 0 Å². The van der Waals surface area contributed by atoms with Crippen molar-refractivity contribution in [2.45, 2.75) is 13.0 Å². The van der Waals surface area contributed by atoms with Crippen molar-refractivity contribution in [3.63, 3.8) is 0 Å². The minimum atomic E-state index is -1.44. The summed E-state index contributed by atoms with van der Waals surface area (Å²) < 4.78 is 1.86. The molecule has 1 rings (SSSR count). The van der Waals surface area contributed by atoms with Crippen LogP contribution >= 0.6 is 0 Å². The molecule has 6 nitrogen and oxygen atoms in total. The topological polar surface area (TPSA) is 96.8 Å². The van der Waals surface area contributed by atoms with Gasteiger partial charge >= 0.3 is 0 Å². The molecule has 1 atom stereocenters. The van der Waals surface area contributed by atoms with Crippen LogP contribution in [0.2, 0.25) is 0 Å². The lowest BCUT2D eigenvalue weighted by Gasteiger charge is -2.00. The van der Waals surface area contributed by atoms with Crippen molar-refractivity contribution >= 4 is 12.2 Å². The number of carboxylic acids is 1. The molecule has 1 heterocycles. The highest BCUT2D eigenvalue weighted by Crippen LogP contribution is 1.84. The van der Waals surface area contributed by atoms with E-state index >= 15 is 0 Å². The van der Waals surface area contributed by atoms with Crippen molar-refractivity contribution in [1.29, 1.82) is 0 Å². The lowest BCUT2D eigenvalue weighted by molar-refractivity contribution is -0.672. The van der Waals surface area contributed by atoms with Crippen LogP contribution < -0.4 is 9.67 Å². The summed E-state index contributed by atoms with van der Waals surface area (Å²) >= 11 is 0. The summed E-state index contributed by atoms with van der Waals surface area (Å²) in [6.07, 6.45) is 1.93.